The predicted octanol–water partition coefficient (Wildman–Crippen LogP) is 0.923. The van der Waals surface area contributed by atoms with Crippen molar-refractivity contribution in [2.75, 3.05) is 39.4 Å². The summed E-state index contributed by atoms with van der Waals surface area (Å²) in [5.41, 5.74) is -1.14. The van der Waals surface area contributed by atoms with E-state index in [1.807, 2.05) is 0 Å². The first-order valence-corrected chi connectivity index (χ1v) is 12.6. The fourth-order valence-corrected chi connectivity index (χ4v) is 5.29. The Morgan fingerprint density at radius 1 is 1.11 bits per heavy atom. The van der Waals surface area contributed by atoms with Gasteiger partial charge in [-0.2, -0.15) is 0 Å². The molecule has 1 heterocycles. The number of esters is 1. The van der Waals surface area contributed by atoms with Crippen LogP contribution in [0, 0.1) is 35.5 Å². The lowest BCUT2D eigenvalue weighted by Gasteiger charge is -2.47. The summed E-state index contributed by atoms with van der Waals surface area (Å²) in [5, 5.41) is 24.9. The topological polar surface area (TPSA) is 154 Å². The van der Waals surface area contributed by atoms with E-state index in [9.17, 15) is 29.4 Å². The van der Waals surface area contributed by atoms with Crippen molar-refractivity contribution in [1.82, 2.24) is 15.5 Å². The molecule has 0 aromatic heterocycles. The Kier molecular flexibility index (Phi) is 9.56. The first-order chi connectivity index (χ1) is 17.1. The molecule has 4 N–H and O–H groups in total. The zero-order valence-electron chi connectivity index (χ0n) is 21.0. The van der Waals surface area contributed by atoms with Gasteiger partial charge in [0.15, 0.2) is 0 Å². The van der Waals surface area contributed by atoms with Gasteiger partial charge in [0.25, 0.3) is 0 Å². The molecule has 0 bridgehead atoms. The van der Waals surface area contributed by atoms with Crippen molar-refractivity contribution in [1.29, 1.82) is 0 Å². The lowest BCUT2D eigenvalue weighted by molar-refractivity contribution is -0.155. The number of nitrogens with one attached hydrogen (secondary N) is 2. The van der Waals surface area contributed by atoms with Crippen LogP contribution in [0.5, 0.6) is 0 Å². The molecule has 200 valence electrons. The molecule has 1 saturated carbocycles. The Balaban J connectivity index is 1.64. The number of carboxylic acid groups (broad SMARTS) is 2. The van der Waals surface area contributed by atoms with Crippen molar-refractivity contribution in [3.63, 3.8) is 0 Å². The standard InChI is InChI=1S/C25H37N3O8/c1-16(2)23(33)36-15-25(14-26-9-10-28(25)12-21(29)30)11-20(22(31)32)27-24(34)35-13-19-17-7-5-3-4-6-8-18(17)19/h16-20,26H,5-15H2,1-2H3,(H,27,34)(H,29,30)(H,31,32). The number of hydrogen-bond acceptors (Lipinski definition) is 8. The molecule has 2 fully saturated rings. The van der Waals surface area contributed by atoms with Crippen LogP contribution < -0.4 is 10.6 Å². The molecule has 3 rings (SSSR count). The van der Waals surface area contributed by atoms with Crippen LogP contribution >= 0.6 is 0 Å². The molecule has 0 spiro atoms. The van der Waals surface area contributed by atoms with Gasteiger partial charge in [-0.3, -0.25) is 14.5 Å². The Bertz CT molecular complexity index is 879. The number of carbonyl (C=O) groups excluding carboxylic acids is 2. The summed E-state index contributed by atoms with van der Waals surface area (Å²) in [6, 6.07) is -1.37. The van der Waals surface area contributed by atoms with Gasteiger partial charge >= 0.3 is 24.0 Å². The summed E-state index contributed by atoms with van der Waals surface area (Å²) in [7, 11) is 0. The summed E-state index contributed by atoms with van der Waals surface area (Å²) < 4.78 is 10.8. The largest absolute Gasteiger partial charge is 0.480 e. The number of hydrogen-bond donors (Lipinski definition) is 4. The molecule has 2 aliphatic carbocycles. The third-order valence-corrected chi connectivity index (χ3v) is 7.38. The highest BCUT2D eigenvalue weighted by atomic mass is 16.6. The maximum atomic E-state index is 12.6. The van der Waals surface area contributed by atoms with Crippen LogP contribution in [0.25, 0.3) is 0 Å². The fourth-order valence-electron chi connectivity index (χ4n) is 5.29. The third kappa shape index (κ3) is 7.34. The van der Waals surface area contributed by atoms with E-state index in [2.05, 4.69) is 22.5 Å². The highest BCUT2D eigenvalue weighted by Gasteiger charge is 2.49. The lowest BCUT2D eigenvalue weighted by atomic mass is 9.87. The van der Waals surface area contributed by atoms with E-state index >= 15 is 0 Å². The predicted molar refractivity (Wildman–Crippen MR) is 128 cm³/mol. The minimum Gasteiger partial charge on any atom is -0.480 e. The molecule has 1 aliphatic heterocycles. The summed E-state index contributed by atoms with van der Waals surface area (Å²) in [4.78, 5) is 50.0. The quantitative estimate of drug-likeness (QED) is 0.234. The van der Waals surface area contributed by atoms with Crippen molar-refractivity contribution in [3.05, 3.63) is 0 Å². The monoisotopic (exact) mass is 507 g/mol. The van der Waals surface area contributed by atoms with Crippen LogP contribution in [0.15, 0.2) is 0 Å². The number of nitrogens with zero attached hydrogens (tertiary/aromatic N) is 1. The Morgan fingerprint density at radius 2 is 1.78 bits per heavy atom. The zero-order chi connectivity index (χ0) is 26.3. The molecule has 1 amide bonds. The molecular weight excluding hydrogens is 470 g/mol. The average Bonchev–Trinajstić information content (AvgIpc) is 3.45. The molecule has 0 aromatic carbocycles. The first-order valence-electron chi connectivity index (χ1n) is 12.6. The highest BCUT2D eigenvalue weighted by Crippen LogP contribution is 2.52. The third-order valence-electron chi connectivity index (χ3n) is 7.38. The van der Waals surface area contributed by atoms with Crippen LogP contribution in [0.3, 0.4) is 0 Å². The van der Waals surface area contributed by atoms with Gasteiger partial charge in [-0.05, 0) is 30.6 Å². The molecule has 1 saturated heterocycles. The van der Waals surface area contributed by atoms with Crippen molar-refractivity contribution < 1.29 is 38.9 Å². The van der Waals surface area contributed by atoms with Gasteiger partial charge in [-0.1, -0.05) is 13.8 Å². The maximum Gasteiger partial charge on any atom is 0.407 e. The molecule has 11 heteroatoms. The van der Waals surface area contributed by atoms with Crippen LogP contribution in [0.1, 0.15) is 46.0 Å². The lowest BCUT2D eigenvalue weighted by Crippen LogP contribution is -2.67. The van der Waals surface area contributed by atoms with Gasteiger partial charge in [-0.15, -0.1) is 11.8 Å². The van der Waals surface area contributed by atoms with Crippen LogP contribution in [-0.4, -0.2) is 90.1 Å². The van der Waals surface area contributed by atoms with Gasteiger partial charge < -0.3 is 30.3 Å². The molecular formula is C25H37N3O8. The maximum absolute atomic E-state index is 12.6. The van der Waals surface area contributed by atoms with E-state index in [1.54, 1.807) is 18.7 Å². The van der Waals surface area contributed by atoms with Crippen LogP contribution in [0.4, 0.5) is 4.79 Å². The number of carbonyl (C=O) groups is 4. The normalized spacial score (nSPS) is 28.4. The minimum absolute atomic E-state index is 0.172. The highest BCUT2D eigenvalue weighted by molar-refractivity contribution is 5.80. The Labute approximate surface area is 211 Å². The van der Waals surface area contributed by atoms with Gasteiger partial charge in [0.05, 0.1) is 24.6 Å². The van der Waals surface area contributed by atoms with Crippen LogP contribution in [-0.2, 0) is 23.9 Å². The number of ether oxygens (including phenoxy) is 2. The van der Waals surface area contributed by atoms with Gasteiger partial charge in [0, 0.05) is 38.9 Å². The molecule has 11 nitrogen and oxygen atoms in total. The molecule has 0 radical (unpaired) electrons. The number of carboxylic acids is 2. The number of alkyl carbamates (subject to hydrolysis) is 1. The second-order valence-corrected chi connectivity index (χ2v) is 10.2. The van der Waals surface area contributed by atoms with Crippen molar-refractivity contribution in [2.45, 2.75) is 57.5 Å². The smallest absolute Gasteiger partial charge is 0.407 e. The number of piperazine rings is 1. The second-order valence-electron chi connectivity index (χ2n) is 10.2. The number of aliphatic carboxylic acids is 2. The Hall–Kier alpha value is -2.84. The summed E-state index contributed by atoms with van der Waals surface area (Å²) in [5.74, 6) is 4.26. The number of amides is 1. The van der Waals surface area contributed by atoms with E-state index in [-0.39, 0.29) is 38.6 Å². The molecule has 4 unspecified atom stereocenters. The number of fused-ring (bicyclic) bond motifs is 1. The molecule has 3 aliphatic rings. The van der Waals surface area contributed by atoms with Gasteiger partial charge in [0.1, 0.15) is 12.6 Å². The minimum atomic E-state index is -1.37. The average molecular weight is 508 g/mol. The van der Waals surface area contributed by atoms with E-state index in [0.29, 0.717) is 24.9 Å². The molecule has 4 atom stereocenters. The summed E-state index contributed by atoms with van der Waals surface area (Å²) >= 11 is 0. The summed E-state index contributed by atoms with van der Waals surface area (Å²) in [6.07, 6.45) is 2.64. The fraction of sp³-hybridized carbons (Fsp3) is 0.760. The molecule has 0 aromatic rings. The van der Waals surface area contributed by atoms with E-state index < -0.39 is 41.5 Å². The van der Waals surface area contributed by atoms with Gasteiger partial charge in [0.2, 0.25) is 0 Å². The first kappa shape index (κ1) is 27.7. The summed E-state index contributed by atoms with van der Waals surface area (Å²) in [6.45, 7) is 4.01. The van der Waals surface area contributed by atoms with Crippen molar-refractivity contribution in [2.24, 2.45) is 23.7 Å². The second kappa shape index (κ2) is 12.4. The van der Waals surface area contributed by atoms with Crippen molar-refractivity contribution in [3.8, 4) is 11.8 Å². The van der Waals surface area contributed by atoms with E-state index in [0.717, 1.165) is 25.7 Å². The Morgan fingerprint density at radius 3 is 2.36 bits per heavy atom. The SMILES string of the molecule is CC(C)C(=O)OCC1(CC(NC(=O)OCC2C3CCC#CCCC32)C(=O)O)CNCCN1CC(=O)O. The number of rotatable bonds is 11. The van der Waals surface area contributed by atoms with Crippen molar-refractivity contribution >= 4 is 24.0 Å². The molecule has 36 heavy (non-hydrogen) atoms. The van der Waals surface area contributed by atoms with E-state index in [4.69, 9.17) is 9.47 Å². The van der Waals surface area contributed by atoms with Gasteiger partial charge in [-0.25, -0.2) is 9.59 Å². The van der Waals surface area contributed by atoms with E-state index in [1.165, 1.54) is 0 Å². The zero-order valence-corrected chi connectivity index (χ0v) is 21.0. The van der Waals surface area contributed by atoms with Crippen LogP contribution in [0.2, 0.25) is 0 Å².